The van der Waals surface area contributed by atoms with Gasteiger partial charge < -0.3 is 13.9 Å². The zero-order chi connectivity index (χ0) is 32.8. The molecule has 0 heterocycles. The van der Waals surface area contributed by atoms with Crippen molar-refractivity contribution in [2.24, 2.45) is 0 Å². The highest BCUT2D eigenvalue weighted by Crippen LogP contribution is 2.37. The van der Waals surface area contributed by atoms with Crippen molar-refractivity contribution in [2.45, 2.75) is 71.3 Å². The monoisotopic (exact) mass is 631 g/mol. The maximum Gasteiger partial charge on any atom is 0.411 e. The van der Waals surface area contributed by atoms with Gasteiger partial charge >= 0.3 is 12.1 Å². The van der Waals surface area contributed by atoms with Gasteiger partial charge in [-0.15, -0.1) is 6.58 Å². The van der Waals surface area contributed by atoms with Crippen molar-refractivity contribution in [1.29, 1.82) is 0 Å². The molecule has 0 fully saturated rings. The van der Waals surface area contributed by atoms with Crippen LogP contribution in [-0.2, 0) is 18.7 Å². The third-order valence-electron chi connectivity index (χ3n) is 8.11. The lowest BCUT2D eigenvalue weighted by atomic mass is 10.2. The van der Waals surface area contributed by atoms with E-state index in [2.05, 4.69) is 76.8 Å². The van der Waals surface area contributed by atoms with Crippen LogP contribution in [0.5, 0.6) is 0 Å². The van der Waals surface area contributed by atoms with Gasteiger partial charge in [0.25, 0.3) is 8.32 Å². The molecule has 6 nitrogen and oxygen atoms in total. The van der Waals surface area contributed by atoms with Crippen LogP contribution in [0.4, 0.5) is 4.79 Å². The summed E-state index contributed by atoms with van der Waals surface area (Å²) in [7, 11) is -4.11. The molecule has 0 aromatic heterocycles. The van der Waals surface area contributed by atoms with Crippen LogP contribution in [0.1, 0.15) is 41.5 Å². The fourth-order valence-corrected chi connectivity index (χ4v) is 12.7. The second-order valence-electron chi connectivity index (χ2n) is 13.7. The van der Waals surface area contributed by atoms with Crippen LogP contribution in [0.3, 0.4) is 0 Å². The van der Waals surface area contributed by atoms with Crippen LogP contribution in [-0.4, -0.2) is 65.3 Å². The molecule has 0 aliphatic heterocycles. The summed E-state index contributed by atoms with van der Waals surface area (Å²) >= 11 is 0. The molecule has 0 N–H and O–H groups in total. The van der Waals surface area contributed by atoms with Crippen molar-refractivity contribution in [3.05, 3.63) is 103 Å². The number of hydrogen-bond acceptors (Lipinski definition) is 5. The highest BCUT2D eigenvalue weighted by Gasteiger charge is 2.51. The number of ether oxygens (including phenoxy) is 2. The third kappa shape index (κ3) is 7.97. The normalized spacial score (nSPS) is 13.1. The van der Waals surface area contributed by atoms with E-state index in [-0.39, 0.29) is 18.2 Å². The highest BCUT2D eigenvalue weighted by atomic mass is 28.4. The van der Waals surface area contributed by atoms with Crippen molar-refractivity contribution in [3.63, 3.8) is 0 Å². The topological polar surface area (TPSA) is 65.1 Å². The number of carbonyl (C=O) groups excluding carboxylic acids is 2. The lowest BCUT2D eigenvalue weighted by Gasteiger charge is -2.45. The third-order valence-corrected chi connectivity index (χ3v) is 16.8. The summed E-state index contributed by atoms with van der Waals surface area (Å²) in [5.41, 5.74) is -0.775. The van der Waals surface area contributed by atoms with Gasteiger partial charge in [0, 0.05) is 0 Å². The minimum Gasteiger partial charge on any atom is -0.468 e. The minimum atomic E-state index is -2.99. The number of hydrogen-bond donors (Lipinski definition) is 0. The number of carbonyl (C=O) groups is 2. The SMILES string of the molecule is C=C([C@H](CO[Si](c1ccccc1)(c1ccccc1)C(C)(C)C)N(CC(=O)OC)C(=O)OC(C)(C)C)[Si](C)(C)c1ccccc1. The van der Waals surface area contributed by atoms with Gasteiger partial charge in [0.05, 0.1) is 19.8 Å². The van der Waals surface area contributed by atoms with Crippen LogP contribution < -0.4 is 15.6 Å². The molecule has 0 bridgehead atoms. The Morgan fingerprint density at radius 3 is 1.59 bits per heavy atom. The molecule has 0 radical (unpaired) electrons. The second-order valence-corrected chi connectivity index (χ2v) is 22.5. The van der Waals surface area contributed by atoms with E-state index in [0.29, 0.717) is 0 Å². The molecule has 0 unspecified atom stereocenters. The van der Waals surface area contributed by atoms with Gasteiger partial charge in [0.2, 0.25) is 0 Å². The summed E-state index contributed by atoms with van der Waals surface area (Å²) in [6, 6.07) is 30.3. The summed E-state index contributed by atoms with van der Waals surface area (Å²) < 4.78 is 18.3. The molecule has 3 aromatic rings. The molecule has 0 spiro atoms. The molecule has 1 atom stereocenters. The lowest BCUT2D eigenvalue weighted by Crippen LogP contribution is -2.68. The maximum atomic E-state index is 13.9. The van der Waals surface area contributed by atoms with Gasteiger partial charge in [0.1, 0.15) is 20.2 Å². The van der Waals surface area contributed by atoms with E-state index in [0.717, 1.165) is 15.6 Å². The standard InChI is InChI=1S/C36H49NO5Si2/c1-28(43(9,10)29-20-14-11-15-21-29)32(37(26-33(38)40-8)34(39)42-35(2,3)4)27-41-44(36(5,6)7,30-22-16-12-17-23-30)31-24-18-13-19-25-31/h11-25,32H,1,26-27H2,2-10H3/t32-/m0/s1. The van der Waals surface area contributed by atoms with Gasteiger partial charge in [-0.2, -0.15) is 0 Å². The predicted octanol–water partition coefficient (Wildman–Crippen LogP) is 6.05. The summed E-state index contributed by atoms with van der Waals surface area (Å²) in [5, 5.41) is 3.99. The molecule has 0 aliphatic carbocycles. The van der Waals surface area contributed by atoms with E-state index in [9.17, 15) is 9.59 Å². The van der Waals surface area contributed by atoms with Gasteiger partial charge in [-0.3, -0.25) is 9.69 Å². The summed E-state index contributed by atoms with van der Waals surface area (Å²) in [6.07, 6.45) is -0.613. The number of rotatable bonds is 11. The first-order valence-electron chi connectivity index (χ1n) is 15.1. The number of amides is 1. The zero-order valence-corrected chi connectivity index (χ0v) is 29.8. The zero-order valence-electron chi connectivity index (χ0n) is 27.8. The fourth-order valence-electron chi connectivity index (χ4n) is 5.63. The van der Waals surface area contributed by atoms with E-state index >= 15 is 0 Å². The molecule has 0 saturated heterocycles. The number of benzene rings is 3. The Kier molecular flexibility index (Phi) is 11.2. The van der Waals surface area contributed by atoms with E-state index in [1.54, 1.807) is 0 Å². The first-order chi connectivity index (χ1) is 20.5. The smallest absolute Gasteiger partial charge is 0.411 e. The minimum absolute atomic E-state index is 0.131. The Morgan fingerprint density at radius 2 is 1.20 bits per heavy atom. The number of nitrogens with zero attached hydrogens (tertiary/aromatic N) is 1. The Hall–Kier alpha value is -3.47. The molecule has 44 heavy (non-hydrogen) atoms. The van der Waals surface area contributed by atoms with Crippen LogP contribution in [0.25, 0.3) is 0 Å². The number of esters is 1. The molecule has 8 heteroatoms. The van der Waals surface area contributed by atoms with Crippen LogP contribution >= 0.6 is 0 Å². The Labute approximate surface area is 266 Å². The van der Waals surface area contributed by atoms with Crippen molar-refractivity contribution < 1.29 is 23.5 Å². The number of methoxy groups -OCH3 is 1. The second kappa shape index (κ2) is 14.1. The summed E-state index contributed by atoms with van der Waals surface area (Å²) in [6.45, 7) is 21.0. The van der Waals surface area contributed by atoms with E-state index in [1.807, 2.05) is 75.4 Å². The highest BCUT2D eigenvalue weighted by molar-refractivity contribution is 6.99. The lowest BCUT2D eigenvalue weighted by molar-refractivity contribution is -0.142. The first kappa shape index (κ1) is 35.0. The molecule has 0 saturated carbocycles. The molecule has 3 rings (SSSR count). The van der Waals surface area contributed by atoms with Gasteiger partial charge in [0.15, 0.2) is 0 Å². The molecule has 0 aliphatic rings. The van der Waals surface area contributed by atoms with E-state index in [4.69, 9.17) is 13.9 Å². The van der Waals surface area contributed by atoms with E-state index in [1.165, 1.54) is 17.2 Å². The Morgan fingerprint density at radius 1 is 0.773 bits per heavy atom. The predicted molar refractivity (Wildman–Crippen MR) is 185 cm³/mol. The molecule has 1 amide bonds. The summed E-state index contributed by atoms with van der Waals surface area (Å²) in [4.78, 5) is 28.2. The fraction of sp³-hybridized carbons (Fsp3) is 0.389. The van der Waals surface area contributed by atoms with E-state index < -0.39 is 40.1 Å². The van der Waals surface area contributed by atoms with Crippen molar-refractivity contribution in [3.8, 4) is 0 Å². The maximum absolute atomic E-state index is 13.9. The molecular formula is C36H49NO5Si2. The molecule has 236 valence electrons. The molecular weight excluding hydrogens is 583 g/mol. The van der Waals surface area contributed by atoms with Gasteiger partial charge in [-0.1, -0.05) is 135 Å². The quantitative estimate of drug-likeness (QED) is 0.190. The Balaban J connectivity index is 2.24. The average molecular weight is 632 g/mol. The van der Waals surface area contributed by atoms with Crippen LogP contribution in [0.2, 0.25) is 18.1 Å². The van der Waals surface area contributed by atoms with Crippen molar-refractivity contribution >= 4 is 44.0 Å². The first-order valence-corrected chi connectivity index (χ1v) is 20.0. The summed E-state index contributed by atoms with van der Waals surface area (Å²) in [5.74, 6) is -0.543. The average Bonchev–Trinajstić information content (AvgIpc) is 2.98. The Bertz CT molecular complexity index is 1360. The van der Waals surface area contributed by atoms with Gasteiger partial charge in [-0.25, -0.2) is 4.79 Å². The van der Waals surface area contributed by atoms with Crippen LogP contribution in [0, 0.1) is 0 Å². The largest absolute Gasteiger partial charge is 0.468 e. The van der Waals surface area contributed by atoms with Crippen molar-refractivity contribution in [2.75, 3.05) is 20.3 Å². The van der Waals surface area contributed by atoms with Gasteiger partial charge in [-0.05, 0) is 36.2 Å². The molecule has 3 aromatic carbocycles. The van der Waals surface area contributed by atoms with Crippen molar-refractivity contribution in [1.82, 2.24) is 4.90 Å². The van der Waals surface area contributed by atoms with Crippen LogP contribution in [0.15, 0.2) is 103 Å².